The second-order valence-corrected chi connectivity index (χ2v) is 9.18. The molecule has 0 amide bonds. The van der Waals surface area contributed by atoms with Gasteiger partial charge in [-0.3, -0.25) is 9.36 Å². The zero-order valence-corrected chi connectivity index (χ0v) is 20.3. The fraction of sp³-hybridized carbons (Fsp3) is 0.391. The van der Waals surface area contributed by atoms with Gasteiger partial charge in [-0.1, -0.05) is 37.1 Å². The highest BCUT2D eigenvalue weighted by molar-refractivity contribution is 9.18. The van der Waals surface area contributed by atoms with Crippen LogP contribution in [-0.4, -0.2) is 39.0 Å². The Kier molecular flexibility index (Phi) is 6.27. The van der Waals surface area contributed by atoms with E-state index in [2.05, 4.69) is 48.2 Å². The van der Waals surface area contributed by atoms with E-state index in [9.17, 15) is 9.90 Å². The highest BCUT2D eigenvalue weighted by Gasteiger charge is 2.25. The van der Waals surface area contributed by atoms with Crippen molar-refractivity contribution >= 4 is 32.1 Å². The van der Waals surface area contributed by atoms with Crippen molar-refractivity contribution in [2.45, 2.75) is 58.4 Å². The quantitative estimate of drug-likeness (QED) is 0.327. The van der Waals surface area contributed by atoms with Crippen molar-refractivity contribution in [3.05, 3.63) is 51.9 Å². The number of para-hydroxylation sites is 1. The summed E-state index contributed by atoms with van der Waals surface area (Å²) < 4.78 is 9.73. The van der Waals surface area contributed by atoms with Crippen LogP contribution in [0.25, 0.3) is 17.2 Å². The molecule has 10 nitrogen and oxygen atoms in total. The lowest BCUT2D eigenvalue weighted by Crippen LogP contribution is -2.23. The smallest absolute Gasteiger partial charge is 0.266 e. The van der Waals surface area contributed by atoms with Crippen LogP contribution in [-0.2, 0) is 25.8 Å². The molecule has 1 aliphatic rings. The van der Waals surface area contributed by atoms with E-state index in [0.29, 0.717) is 65.9 Å². The molecule has 0 radical (unpaired) electrons. The number of fused-ring (bicyclic) bond motifs is 2. The van der Waals surface area contributed by atoms with Crippen molar-refractivity contribution in [1.29, 1.82) is 0 Å². The third-order valence-electron chi connectivity index (χ3n) is 5.88. The topological polar surface area (TPSA) is 124 Å². The maximum atomic E-state index is 13.3. The standard InChI is InChI=1S/C23H24BrN7O3/c1-2-3-6-12-30-21-15(13-17(24)25-21)22(33)31-18(27-28-23(30)31)10-7-11-19-26-20(29-34-19)14-8-4-5-9-16(14)32/h4-5,8-9,32H,2-3,6-7,10-13H2,1H3. The van der Waals surface area contributed by atoms with Crippen molar-refractivity contribution in [3.8, 4) is 17.1 Å². The number of hydrogen-bond acceptors (Lipinski definition) is 8. The lowest BCUT2D eigenvalue weighted by atomic mass is 10.2. The molecule has 0 atom stereocenters. The first-order valence-corrected chi connectivity index (χ1v) is 12.2. The first-order chi connectivity index (χ1) is 16.6. The molecule has 0 unspecified atom stereocenters. The molecule has 4 aromatic rings. The first-order valence-electron chi connectivity index (χ1n) is 11.4. The van der Waals surface area contributed by atoms with Gasteiger partial charge in [-0.2, -0.15) is 4.98 Å². The van der Waals surface area contributed by atoms with Gasteiger partial charge in [-0.15, -0.1) is 10.2 Å². The molecular formula is C23H24BrN7O3. The Morgan fingerprint density at radius 2 is 2.00 bits per heavy atom. The fourth-order valence-corrected chi connectivity index (χ4v) is 4.62. The van der Waals surface area contributed by atoms with Crippen LogP contribution in [0.3, 0.4) is 0 Å². The number of nitrogens with zero attached hydrogens (tertiary/aromatic N) is 7. The fourth-order valence-electron chi connectivity index (χ4n) is 4.17. The Bertz CT molecular complexity index is 1440. The van der Waals surface area contributed by atoms with E-state index in [1.54, 1.807) is 28.7 Å². The van der Waals surface area contributed by atoms with E-state index in [4.69, 9.17) is 4.52 Å². The van der Waals surface area contributed by atoms with Gasteiger partial charge in [0.1, 0.15) is 17.4 Å². The Balaban J connectivity index is 1.36. The molecule has 11 heteroatoms. The number of unbranched alkanes of at least 4 members (excludes halogenated alkanes) is 2. The second-order valence-electron chi connectivity index (χ2n) is 8.26. The Morgan fingerprint density at radius 3 is 2.82 bits per heavy atom. The molecule has 1 aliphatic heterocycles. The Labute approximate surface area is 203 Å². The van der Waals surface area contributed by atoms with Crippen LogP contribution in [0.1, 0.15) is 49.9 Å². The highest BCUT2D eigenvalue weighted by Crippen LogP contribution is 2.29. The highest BCUT2D eigenvalue weighted by atomic mass is 79.9. The lowest BCUT2D eigenvalue weighted by Gasteiger charge is -2.12. The number of benzene rings is 1. The van der Waals surface area contributed by atoms with Crippen LogP contribution in [0.4, 0.5) is 5.82 Å². The summed E-state index contributed by atoms with van der Waals surface area (Å²) in [7, 11) is 0. The van der Waals surface area contributed by atoms with E-state index in [-0.39, 0.29) is 11.3 Å². The van der Waals surface area contributed by atoms with Gasteiger partial charge >= 0.3 is 0 Å². The van der Waals surface area contributed by atoms with Gasteiger partial charge in [0, 0.05) is 25.8 Å². The lowest BCUT2D eigenvalue weighted by molar-refractivity contribution is 0.375. The van der Waals surface area contributed by atoms with Crippen LogP contribution in [0, 0.1) is 0 Å². The van der Waals surface area contributed by atoms with Gasteiger partial charge in [0.15, 0.2) is 0 Å². The van der Waals surface area contributed by atoms with Gasteiger partial charge in [0.2, 0.25) is 17.5 Å². The van der Waals surface area contributed by atoms with Gasteiger partial charge in [0.25, 0.3) is 5.56 Å². The van der Waals surface area contributed by atoms with E-state index < -0.39 is 0 Å². The molecule has 3 aromatic heterocycles. The summed E-state index contributed by atoms with van der Waals surface area (Å²) in [6, 6.07) is 6.85. The molecule has 1 aromatic carbocycles. The number of halogens is 1. The van der Waals surface area contributed by atoms with Crippen molar-refractivity contribution in [2.75, 3.05) is 0 Å². The summed E-state index contributed by atoms with van der Waals surface area (Å²) in [5.74, 6) is 2.72. The van der Waals surface area contributed by atoms with Crippen molar-refractivity contribution < 1.29 is 9.63 Å². The maximum Gasteiger partial charge on any atom is 0.266 e. The summed E-state index contributed by atoms with van der Waals surface area (Å²) >= 11 is 3.45. The zero-order chi connectivity index (χ0) is 23.7. The van der Waals surface area contributed by atoms with Crippen molar-refractivity contribution in [3.63, 3.8) is 0 Å². The molecule has 176 valence electrons. The second kappa shape index (κ2) is 9.49. The third kappa shape index (κ3) is 4.15. The summed E-state index contributed by atoms with van der Waals surface area (Å²) in [5, 5.41) is 22.6. The Hall–Kier alpha value is -3.34. The molecule has 0 aliphatic carbocycles. The molecule has 1 N–H and O–H groups in total. The monoisotopic (exact) mass is 525 g/mol. The van der Waals surface area contributed by atoms with E-state index in [0.717, 1.165) is 30.4 Å². The number of phenols is 1. The van der Waals surface area contributed by atoms with Crippen LogP contribution in [0.15, 0.2) is 38.6 Å². The SMILES string of the molecule is CCCCCn1c2c(c(=O)n3c(CCCc4nc(-c5ccccc5O)no4)nnc13)CC(Br)=N2. The average Bonchev–Trinajstić information content (AvgIpc) is 3.55. The number of aromatic hydroxyl groups is 1. The molecule has 4 heterocycles. The maximum absolute atomic E-state index is 13.3. The number of aromatic nitrogens is 6. The molecule has 0 saturated carbocycles. The van der Waals surface area contributed by atoms with Crippen molar-refractivity contribution in [1.82, 2.24) is 29.3 Å². The minimum absolute atomic E-state index is 0.100. The summed E-state index contributed by atoms with van der Waals surface area (Å²) in [4.78, 5) is 22.2. The minimum Gasteiger partial charge on any atom is -0.507 e. The number of aryl methyl sites for hydroxylation is 3. The van der Waals surface area contributed by atoms with Gasteiger partial charge in [-0.05, 0) is 40.9 Å². The van der Waals surface area contributed by atoms with Crippen LogP contribution >= 0.6 is 15.9 Å². The third-order valence-corrected chi connectivity index (χ3v) is 6.34. The van der Waals surface area contributed by atoms with Crippen LogP contribution < -0.4 is 5.56 Å². The molecule has 0 bridgehead atoms. The van der Waals surface area contributed by atoms with Gasteiger partial charge in [-0.25, -0.2) is 9.39 Å². The van der Waals surface area contributed by atoms with E-state index in [1.165, 1.54) is 0 Å². The summed E-state index contributed by atoms with van der Waals surface area (Å²) in [6.07, 6.45) is 5.34. The van der Waals surface area contributed by atoms with E-state index in [1.807, 2.05) is 4.57 Å². The van der Waals surface area contributed by atoms with Gasteiger partial charge < -0.3 is 9.63 Å². The van der Waals surface area contributed by atoms with Crippen LogP contribution in [0.5, 0.6) is 5.75 Å². The predicted molar refractivity (Wildman–Crippen MR) is 130 cm³/mol. The average molecular weight is 526 g/mol. The zero-order valence-electron chi connectivity index (χ0n) is 18.7. The van der Waals surface area contributed by atoms with Gasteiger partial charge in [0.05, 0.1) is 15.7 Å². The summed E-state index contributed by atoms with van der Waals surface area (Å²) in [5.41, 5.74) is 1.07. The largest absolute Gasteiger partial charge is 0.507 e. The van der Waals surface area contributed by atoms with Crippen LogP contribution in [0.2, 0.25) is 0 Å². The minimum atomic E-state index is -0.116. The molecule has 5 rings (SSSR count). The summed E-state index contributed by atoms with van der Waals surface area (Å²) in [6.45, 7) is 2.89. The number of aliphatic imine (C=N–C) groups is 1. The predicted octanol–water partition coefficient (Wildman–Crippen LogP) is 3.99. The van der Waals surface area contributed by atoms with E-state index >= 15 is 0 Å². The molecular weight excluding hydrogens is 502 g/mol. The number of rotatable bonds is 9. The molecule has 0 saturated heterocycles. The molecule has 0 fully saturated rings. The number of phenolic OH excluding ortho intramolecular Hbond substituents is 1. The normalized spacial score (nSPS) is 12.9. The molecule has 34 heavy (non-hydrogen) atoms. The first kappa shape index (κ1) is 22.5. The molecule has 0 spiro atoms. The van der Waals surface area contributed by atoms with Crippen molar-refractivity contribution in [2.24, 2.45) is 4.99 Å². The number of hydrogen-bond donors (Lipinski definition) is 1. The Morgan fingerprint density at radius 1 is 1.15 bits per heavy atom.